The van der Waals surface area contributed by atoms with Crippen LogP contribution in [0.5, 0.6) is 0 Å². The maximum Gasteiger partial charge on any atom is 0.199 e. The first-order valence-corrected chi connectivity index (χ1v) is 8.32. The van der Waals surface area contributed by atoms with Gasteiger partial charge in [-0.05, 0) is 31.2 Å². The molecule has 0 aliphatic carbocycles. The van der Waals surface area contributed by atoms with Crippen molar-refractivity contribution in [3.63, 3.8) is 0 Å². The molecule has 1 heterocycles. The van der Waals surface area contributed by atoms with E-state index >= 15 is 0 Å². The summed E-state index contributed by atoms with van der Waals surface area (Å²) in [4.78, 5) is 0. The second-order valence-corrected chi connectivity index (χ2v) is 6.00. The molecule has 3 aromatic carbocycles. The quantitative estimate of drug-likeness (QED) is 0.723. The SMILES string of the molecule is Cc1ccc(C2=NN(c3ccccc3)CN(c3ccccc3)[N]2)cc1. The second-order valence-electron chi connectivity index (χ2n) is 6.00. The average Bonchev–Trinajstić information content (AvgIpc) is 2.69. The average molecular weight is 327 g/mol. The van der Waals surface area contributed by atoms with Crippen LogP contribution in [0.1, 0.15) is 11.1 Å². The number of hydrazone groups is 1. The van der Waals surface area contributed by atoms with Crippen molar-refractivity contribution in [2.24, 2.45) is 5.10 Å². The Labute approximate surface area is 148 Å². The lowest BCUT2D eigenvalue weighted by atomic mass is 10.1. The molecule has 3 aromatic rings. The topological polar surface area (TPSA) is 32.9 Å². The van der Waals surface area contributed by atoms with Gasteiger partial charge in [0.1, 0.15) is 6.67 Å². The van der Waals surface area contributed by atoms with Gasteiger partial charge in [-0.2, -0.15) is 0 Å². The van der Waals surface area contributed by atoms with Crippen molar-refractivity contribution in [2.45, 2.75) is 6.92 Å². The molecular formula is C21H19N4. The van der Waals surface area contributed by atoms with Crippen molar-refractivity contribution in [3.05, 3.63) is 96.1 Å². The predicted molar refractivity (Wildman–Crippen MR) is 103 cm³/mol. The van der Waals surface area contributed by atoms with Crippen LogP contribution in [-0.2, 0) is 0 Å². The highest BCUT2D eigenvalue weighted by molar-refractivity contribution is 6.00. The van der Waals surface area contributed by atoms with Gasteiger partial charge >= 0.3 is 0 Å². The fourth-order valence-corrected chi connectivity index (χ4v) is 2.74. The Kier molecular flexibility index (Phi) is 4.09. The molecule has 1 aliphatic rings. The van der Waals surface area contributed by atoms with E-state index in [1.54, 1.807) is 0 Å². The van der Waals surface area contributed by atoms with Gasteiger partial charge in [-0.1, -0.05) is 66.2 Å². The van der Waals surface area contributed by atoms with Crippen molar-refractivity contribution in [3.8, 4) is 0 Å². The molecule has 0 N–H and O–H groups in total. The summed E-state index contributed by atoms with van der Waals surface area (Å²) in [6.07, 6.45) is 0. The minimum absolute atomic E-state index is 0.573. The fraction of sp³-hybridized carbons (Fsp3) is 0.0952. The summed E-state index contributed by atoms with van der Waals surface area (Å²) < 4.78 is 0. The molecule has 1 radical (unpaired) electrons. The van der Waals surface area contributed by atoms with Gasteiger partial charge in [0.15, 0.2) is 5.84 Å². The summed E-state index contributed by atoms with van der Waals surface area (Å²) >= 11 is 0. The monoisotopic (exact) mass is 327 g/mol. The summed E-state index contributed by atoms with van der Waals surface area (Å²) in [5, 5.41) is 8.73. The van der Waals surface area contributed by atoms with Gasteiger partial charge in [-0.25, -0.2) is 10.0 Å². The maximum absolute atomic E-state index is 4.77. The molecule has 0 aromatic heterocycles. The van der Waals surface area contributed by atoms with E-state index in [1.165, 1.54) is 5.56 Å². The summed E-state index contributed by atoms with van der Waals surface area (Å²) in [5.74, 6) is 0.707. The Morgan fingerprint density at radius 3 is 1.84 bits per heavy atom. The number of benzene rings is 3. The van der Waals surface area contributed by atoms with Gasteiger partial charge in [0.25, 0.3) is 0 Å². The van der Waals surface area contributed by atoms with Crippen molar-refractivity contribution in [1.29, 1.82) is 0 Å². The number of para-hydroxylation sites is 2. The van der Waals surface area contributed by atoms with E-state index in [9.17, 15) is 0 Å². The molecule has 0 atom stereocenters. The molecule has 0 bridgehead atoms. The first kappa shape index (κ1) is 15.3. The lowest BCUT2D eigenvalue weighted by molar-refractivity contribution is 0.671. The van der Waals surface area contributed by atoms with E-state index < -0.39 is 0 Å². The Morgan fingerprint density at radius 2 is 1.24 bits per heavy atom. The van der Waals surface area contributed by atoms with Crippen LogP contribution < -0.4 is 15.4 Å². The van der Waals surface area contributed by atoms with Gasteiger partial charge in [-0.3, -0.25) is 0 Å². The zero-order valence-corrected chi connectivity index (χ0v) is 14.1. The molecule has 123 valence electrons. The molecule has 0 unspecified atom stereocenters. The molecule has 4 heteroatoms. The molecule has 0 spiro atoms. The Bertz CT molecular complexity index is 857. The minimum atomic E-state index is 0.573. The molecule has 0 saturated carbocycles. The van der Waals surface area contributed by atoms with Crippen LogP contribution in [0.2, 0.25) is 0 Å². The summed E-state index contributed by atoms with van der Waals surface area (Å²) in [7, 11) is 0. The number of nitrogens with zero attached hydrogens (tertiary/aromatic N) is 4. The predicted octanol–water partition coefficient (Wildman–Crippen LogP) is 4.16. The van der Waals surface area contributed by atoms with Crippen LogP contribution in [-0.4, -0.2) is 12.5 Å². The molecule has 0 saturated heterocycles. The largest absolute Gasteiger partial charge is 0.242 e. The van der Waals surface area contributed by atoms with Crippen LogP contribution in [0, 0.1) is 6.92 Å². The van der Waals surface area contributed by atoms with Gasteiger partial charge in [-0.15, -0.1) is 10.5 Å². The highest BCUT2D eigenvalue weighted by Crippen LogP contribution is 2.22. The smallest absolute Gasteiger partial charge is 0.199 e. The van der Waals surface area contributed by atoms with Crippen LogP contribution in [0.3, 0.4) is 0 Å². The Balaban J connectivity index is 1.73. The van der Waals surface area contributed by atoms with Crippen LogP contribution in [0.25, 0.3) is 0 Å². The lowest BCUT2D eigenvalue weighted by Crippen LogP contribution is -2.48. The molecular weight excluding hydrogens is 308 g/mol. The number of aryl methyl sites for hydroxylation is 1. The highest BCUT2D eigenvalue weighted by atomic mass is 15.7. The summed E-state index contributed by atoms with van der Waals surface area (Å²) in [6, 6.07) is 28.7. The molecule has 25 heavy (non-hydrogen) atoms. The van der Waals surface area contributed by atoms with E-state index in [1.807, 2.05) is 46.4 Å². The molecule has 0 amide bonds. The number of rotatable bonds is 3. The van der Waals surface area contributed by atoms with Crippen LogP contribution in [0.15, 0.2) is 90.0 Å². The first-order valence-electron chi connectivity index (χ1n) is 8.32. The highest BCUT2D eigenvalue weighted by Gasteiger charge is 2.23. The Morgan fingerprint density at radius 1 is 0.680 bits per heavy atom. The molecule has 4 rings (SSSR count). The standard InChI is InChI=1S/C21H19N4/c1-17-12-14-18(15-13-17)21-22-24(19-8-4-2-5-9-19)16-25(23-21)20-10-6-3-7-11-20/h2-15H,16H2,1H3. The molecule has 4 nitrogen and oxygen atoms in total. The van der Waals surface area contributed by atoms with Gasteiger partial charge in [0, 0.05) is 5.56 Å². The molecule has 0 fully saturated rings. The van der Waals surface area contributed by atoms with Crippen molar-refractivity contribution < 1.29 is 0 Å². The number of hydrogen-bond acceptors (Lipinski definition) is 3. The third kappa shape index (κ3) is 3.33. The second kappa shape index (κ2) is 6.69. The zero-order chi connectivity index (χ0) is 17.1. The minimum Gasteiger partial charge on any atom is -0.242 e. The lowest BCUT2D eigenvalue weighted by Gasteiger charge is -2.34. The van der Waals surface area contributed by atoms with Crippen molar-refractivity contribution in [1.82, 2.24) is 5.43 Å². The van der Waals surface area contributed by atoms with Gasteiger partial charge in [0.05, 0.1) is 11.4 Å². The van der Waals surface area contributed by atoms with Crippen LogP contribution in [0.4, 0.5) is 11.4 Å². The Hall–Kier alpha value is -3.27. The van der Waals surface area contributed by atoms with Crippen molar-refractivity contribution in [2.75, 3.05) is 16.7 Å². The molecule has 1 aliphatic heterocycles. The number of anilines is 2. The van der Waals surface area contributed by atoms with Crippen LogP contribution >= 0.6 is 0 Å². The van der Waals surface area contributed by atoms with Crippen molar-refractivity contribution >= 4 is 17.2 Å². The number of hydrogen-bond donors (Lipinski definition) is 0. The number of amidine groups is 1. The van der Waals surface area contributed by atoms with E-state index in [4.69, 9.17) is 10.5 Å². The third-order valence-corrected chi connectivity index (χ3v) is 4.12. The third-order valence-electron chi connectivity index (χ3n) is 4.12. The summed E-state index contributed by atoms with van der Waals surface area (Å²) in [5.41, 5.74) is 9.09. The normalized spacial score (nSPS) is 14.0. The first-order chi connectivity index (χ1) is 12.3. The maximum atomic E-state index is 4.77. The summed E-state index contributed by atoms with van der Waals surface area (Å²) in [6.45, 7) is 2.65. The van der Waals surface area contributed by atoms with E-state index in [-0.39, 0.29) is 0 Å². The van der Waals surface area contributed by atoms with E-state index in [2.05, 4.69) is 55.5 Å². The fourth-order valence-electron chi connectivity index (χ4n) is 2.74. The van der Waals surface area contributed by atoms with Gasteiger partial charge < -0.3 is 0 Å². The zero-order valence-electron chi connectivity index (χ0n) is 14.1. The van der Waals surface area contributed by atoms with E-state index in [0.717, 1.165) is 16.9 Å². The van der Waals surface area contributed by atoms with Gasteiger partial charge in [0.2, 0.25) is 0 Å². The van der Waals surface area contributed by atoms with E-state index in [0.29, 0.717) is 12.5 Å².